The van der Waals surface area contributed by atoms with Gasteiger partial charge in [-0.1, -0.05) is 6.07 Å². The van der Waals surface area contributed by atoms with Crippen LogP contribution in [0.2, 0.25) is 0 Å². The van der Waals surface area contributed by atoms with E-state index in [-0.39, 0.29) is 11.6 Å². The molecule has 134 valence electrons. The van der Waals surface area contributed by atoms with Gasteiger partial charge < -0.3 is 4.90 Å². The van der Waals surface area contributed by atoms with E-state index in [0.717, 1.165) is 28.9 Å². The van der Waals surface area contributed by atoms with Crippen molar-refractivity contribution in [2.75, 3.05) is 26.2 Å². The summed E-state index contributed by atoms with van der Waals surface area (Å²) in [6, 6.07) is 8.50. The van der Waals surface area contributed by atoms with Gasteiger partial charge in [0.25, 0.3) is 11.6 Å². The predicted molar refractivity (Wildman–Crippen MR) is 98.2 cm³/mol. The van der Waals surface area contributed by atoms with Crippen molar-refractivity contribution in [2.45, 2.75) is 6.67 Å². The van der Waals surface area contributed by atoms with Crippen LogP contribution in [0.25, 0.3) is 10.9 Å². The van der Waals surface area contributed by atoms with E-state index < -0.39 is 4.92 Å². The Morgan fingerprint density at radius 3 is 2.73 bits per heavy atom. The van der Waals surface area contributed by atoms with Gasteiger partial charge in [0.05, 0.1) is 28.2 Å². The van der Waals surface area contributed by atoms with Crippen LogP contribution >= 0.6 is 11.3 Å². The third-order valence-electron chi connectivity index (χ3n) is 4.56. The van der Waals surface area contributed by atoms with Crippen LogP contribution in [0.1, 0.15) is 9.67 Å². The first-order valence-corrected chi connectivity index (χ1v) is 9.15. The summed E-state index contributed by atoms with van der Waals surface area (Å²) < 4.78 is 1.78. The fourth-order valence-electron chi connectivity index (χ4n) is 3.12. The number of hydrogen-bond acceptors (Lipinski definition) is 6. The summed E-state index contributed by atoms with van der Waals surface area (Å²) in [4.78, 5) is 27.8. The summed E-state index contributed by atoms with van der Waals surface area (Å²) in [6.45, 7) is 3.36. The molecule has 1 aliphatic heterocycles. The van der Waals surface area contributed by atoms with Gasteiger partial charge in [0.15, 0.2) is 0 Å². The number of carbonyl (C=O) groups excluding carboxylic acids is 1. The van der Waals surface area contributed by atoms with Gasteiger partial charge >= 0.3 is 0 Å². The highest BCUT2D eigenvalue weighted by atomic mass is 32.1. The number of carbonyl (C=O) groups is 1. The smallest absolute Gasteiger partial charge is 0.271 e. The third-order valence-corrected chi connectivity index (χ3v) is 5.42. The summed E-state index contributed by atoms with van der Waals surface area (Å²) in [5, 5.41) is 18.1. The van der Waals surface area contributed by atoms with Crippen molar-refractivity contribution in [3.63, 3.8) is 0 Å². The lowest BCUT2D eigenvalue weighted by molar-refractivity contribution is -0.384. The largest absolute Gasteiger partial charge is 0.335 e. The number of hydrogen-bond donors (Lipinski definition) is 0. The van der Waals surface area contributed by atoms with Crippen LogP contribution in [0.4, 0.5) is 5.69 Å². The molecule has 9 heteroatoms. The van der Waals surface area contributed by atoms with E-state index in [2.05, 4.69) is 10.00 Å². The van der Waals surface area contributed by atoms with E-state index in [0.29, 0.717) is 19.8 Å². The number of amides is 1. The van der Waals surface area contributed by atoms with Crippen molar-refractivity contribution in [1.82, 2.24) is 19.6 Å². The van der Waals surface area contributed by atoms with Gasteiger partial charge in [0.1, 0.15) is 0 Å². The number of non-ortho nitro benzene ring substituents is 1. The van der Waals surface area contributed by atoms with Crippen LogP contribution in [0, 0.1) is 10.1 Å². The average molecular weight is 371 g/mol. The van der Waals surface area contributed by atoms with E-state index in [1.54, 1.807) is 23.0 Å². The molecule has 0 atom stereocenters. The van der Waals surface area contributed by atoms with E-state index >= 15 is 0 Å². The van der Waals surface area contributed by atoms with E-state index in [1.165, 1.54) is 17.4 Å². The Kier molecular flexibility index (Phi) is 4.39. The minimum atomic E-state index is -0.397. The van der Waals surface area contributed by atoms with Crippen LogP contribution in [0.15, 0.2) is 41.9 Å². The van der Waals surface area contributed by atoms with Gasteiger partial charge in [0, 0.05) is 43.7 Å². The van der Waals surface area contributed by atoms with Gasteiger partial charge in [-0.25, -0.2) is 0 Å². The fraction of sp³-hybridized carbons (Fsp3) is 0.294. The summed E-state index contributed by atoms with van der Waals surface area (Å²) in [5.74, 6) is 0.0832. The van der Waals surface area contributed by atoms with Crippen molar-refractivity contribution < 1.29 is 9.72 Å². The lowest BCUT2D eigenvalue weighted by Crippen LogP contribution is -2.48. The first kappa shape index (κ1) is 16.7. The molecule has 1 aliphatic rings. The molecule has 0 saturated carbocycles. The molecule has 3 heterocycles. The van der Waals surface area contributed by atoms with E-state index in [9.17, 15) is 14.9 Å². The minimum absolute atomic E-state index is 0.0608. The Labute approximate surface area is 153 Å². The molecule has 1 saturated heterocycles. The van der Waals surface area contributed by atoms with Crippen molar-refractivity contribution in [3.8, 4) is 0 Å². The summed E-state index contributed by atoms with van der Waals surface area (Å²) in [6.07, 6.45) is 1.72. The number of thiophene rings is 1. The first-order chi connectivity index (χ1) is 12.6. The number of rotatable bonds is 4. The number of aromatic nitrogens is 2. The molecule has 8 nitrogen and oxygen atoms in total. The molecule has 3 aromatic rings. The summed E-state index contributed by atoms with van der Waals surface area (Å²) in [7, 11) is 0. The molecule has 0 unspecified atom stereocenters. The zero-order chi connectivity index (χ0) is 18.1. The lowest BCUT2D eigenvalue weighted by atomic mass is 10.2. The molecule has 2 aromatic heterocycles. The maximum absolute atomic E-state index is 12.4. The topological polar surface area (TPSA) is 84.5 Å². The van der Waals surface area contributed by atoms with E-state index in [1.807, 2.05) is 22.4 Å². The Balaban J connectivity index is 1.43. The fourth-order valence-corrected chi connectivity index (χ4v) is 3.81. The molecule has 4 rings (SSSR count). The second kappa shape index (κ2) is 6.85. The van der Waals surface area contributed by atoms with Crippen molar-refractivity contribution in [3.05, 3.63) is 56.9 Å². The van der Waals surface area contributed by atoms with Crippen molar-refractivity contribution in [1.29, 1.82) is 0 Å². The zero-order valence-electron chi connectivity index (χ0n) is 13.9. The number of nitrogens with zero attached hydrogens (tertiary/aromatic N) is 5. The number of nitro benzene ring substituents is 1. The SMILES string of the molecule is O=C(c1cccs1)N1CCN(Cn2ncc3ccc([N+](=O)[O-])cc32)CC1. The minimum Gasteiger partial charge on any atom is -0.335 e. The molecule has 0 radical (unpaired) electrons. The van der Waals surface area contributed by atoms with Gasteiger partial charge in [0.2, 0.25) is 0 Å². The molecule has 0 bridgehead atoms. The molecule has 1 amide bonds. The second-order valence-electron chi connectivity index (χ2n) is 6.17. The molecule has 0 N–H and O–H groups in total. The Morgan fingerprint density at radius 2 is 2.04 bits per heavy atom. The van der Waals surface area contributed by atoms with Gasteiger partial charge in [-0.15, -0.1) is 11.3 Å². The monoisotopic (exact) mass is 371 g/mol. The number of piperazine rings is 1. The van der Waals surface area contributed by atoms with Crippen LogP contribution in [0.3, 0.4) is 0 Å². The van der Waals surface area contributed by atoms with Crippen LogP contribution in [-0.4, -0.2) is 56.6 Å². The van der Waals surface area contributed by atoms with Crippen LogP contribution in [0.5, 0.6) is 0 Å². The molecule has 1 aromatic carbocycles. The normalized spacial score (nSPS) is 15.5. The van der Waals surface area contributed by atoms with Crippen LogP contribution in [-0.2, 0) is 6.67 Å². The van der Waals surface area contributed by atoms with Gasteiger partial charge in [-0.2, -0.15) is 5.10 Å². The molecule has 0 aliphatic carbocycles. The van der Waals surface area contributed by atoms with Crippen molar-refractivity contribution in [2.24, 2.45) is 0 Å². The highest BCUT2D eigenvalue weighted by molar-refractivity contribution is 7.12. The standard InChI is InChI=1S/C17H17N5O3S/c23-17(16-2-1-9-26-16)20-7-5-19(6-8-20)12-21-15-10-14(22(24)25)4-3-13(15)11-18-21/h1-4,9-11H,5-8,12H2. The highest BCUT2D eigenvalue weighted by Gasteiger charge is 2.23. The van der Waals surface area contributed by atoms with Crippen LogP contribution < -0.4 is 0 Å². The predicted octanol–water partition coefficient (Wildman–Crippen LogP) is 2.42. The van der Waals surface area contributed by atoms with Gasteiger partial charge in [-0.05, 0) is 17.5 Å². The molecule has 0 spiro atoms. The Bertz CT molecular complexity index is 945. The summed E-state index contributed by atoms with van der Waals surface area (Å²) >= 11 is 1.46. The molecular formula is C17H17N5O3S. The maximum atomic E-state index is 12.4. The number of benzene rings is 1. The Hall–Kier alpha value is -2.78. The molecule has 1 fully saturated rings. The second-order valence-corrected chi connectivity index (χ2v) is 7.12. The Morgan fingerprint density at radius 1 is 1.23 bits per heavy atom. The number of fused-ring (bicyclic) bond motifs is 1. The third kappa shape index (κ3) is 3.18. The molecular weight excluding hydrogens is 354 g/mol. The quantitative estimate of drug-likeness (QED) is 0.519. The maximum Gasteiger partial charge on any atom is 0.271 e. The average Bonchev–Trinajstić information content (AvgIpc) is 3.32. The highest BCUT2D eigenvalue weighted by Crippen LogP contribution is 2.21. The lowest BCUT2D eigenvalue weighted by Gasteiger charge is -2.34. The first-order valence-electron chi connectivity index (χ1n) is 8.27. The number of nitro groups is 1. The molecule has 26 heavy (non-hydrogen) atoms. The zero-order valence-corrected chi connectivity index (χ0v) is 14.8. The van der Waals surface area contributed by atoms with E-state index in [4.69, 9.17) is 0 Å². The summed E-state index contributed by atoms with van der Waals surface area (Å²) in [5.41, 5.74) is 0.807. The van der Waals surface area contributed by atoms with Gasteiger partial charge in [-0.3, -0.25) is 24.5 Å². The van der Waals surface area contributed by atoms with Crippen molar-refractivity contribution >= 4 is 33.8 Å².